The number of methoxy groups -OCH3 is 1. The smallest absolute Gasteiger partial charge is 0.191 e. The number of para-hydroxylation sites is 1. The second kappa shape index (κ2) is 5.51. The average Bonchev–Trinajstić information content (AvgIpc) is 2.68. The molecule has 1 aliphatic heterocycles. The highest BCUT2D eigenvalue weighted by molar-refractivity contribution is 5.81. The third-order valence-corrected chi connectivity index (χ3v) is 3.72. The van der Waals surface area contributed by atoms with Crippen molar-refractivity contribution < 1.29 is 4.74 Å². The van der Waals surface area contributed by atoms with Crippen LogP contribution in [0.25, 0.3) is 0 Å². The van der Waals surface area contributed by atoms with Gasteiger partial charge < -0.3 is 15.4 Å². The molecule has 1 unspecified atom stereocenters. The minimum absolute atomic E-state index is 0.0469. The lowest BCUT2D eigenvalue weighted by atomic mass is 9.91. The monoisotopic (exact) mass is 261 g/mol. The molecule has 2 N–H and O–H groups in total. The van der Waals surface area contributed by atoms with Crippen LogP contribution in [0.5, 0.6) is 5.75 Å². The molecule has 2 rings (SSSR count). The van der Waals surface area contributed by atoms with Crippen LogP contribution >= 0.6 is 0 Å². The molecule has 1 heterocycles. The van der Waals surface area contributed by atoms with Crippen LogP contribution in [0, 0.1) is 0 Å². The summed E-state index contributed by atoms with van der Waals surface area (Å²) in [7, 11) is 1.71. The quantitative estimate of drug-likeness (QED) is 0.882. The summed E-state index contributed by atoms with van der Waals surface area (Å²) in [6.45, 7) is 6.07. The van der Waals surface area contributed by atoms with E-state index in [0.29, 0.717) is 5.96 Å². The summed E-state index contributed by atoms with van der Waals surface area (Å²) in [5, 5.41) is 0. The molecule has 0 radical (unpaired) electrons. The van der Waals surface area contributed by atoms with Crippen molar-refractivity contribution in [3.8, 4) is 5.75 Å². The summed E-state index contributed by atoms with van der Waals surface area (Å²) < 4.78 is 5.44. The van der Waals surface area contributed by atoms with Crippen molar-refractivity contribution in [1.82, 2.24) is 4.90 Å². The number of hydrogen-bond donors (Lipinski definition) is 1. The summed E-state index contributed by atoms with van der Waals surface area (Å²) in [6.07, 6.45) is 1.96. The Balaban J connectivity index is 2.21. The fourth-order valence-electron chi connectivity index (χ4n) is 2.72. The van der Waals surface area contributed by atoms with E-state index in [1.807, 2.05) is 18.2 Å². The normalized spacial score (nSPS) is 22.5. The van der Waals surface area contributed by atoms with Gasteiger partial charge in [-0.05, 0) is 25.0 Å². The van der Waals surface area contributed by atoms with Gasteiger partial charge in [0.05, 0.1) is 19.2 Å². The molecule has 1 atom stereocenters. The summed E-state index contributed by atoms with van der Waals surface area (Å²) >= 11 is 0. The van der Waals surface area contributed by atoms with Crippen LogP contribution in [0.3, 0.4) is 0 Å². The lowest BCUT2D eigenvalue weighted by Gasteiger charge is -2.36. The highest BCUT2D eigenvalue weighted by Gasteiger charge is 2.37. The van der Waals surface area contributed by atoms with Crippen LogP contribution in [0.2, 0.25) is 0 Å². The minimum Gasteiger partial charge on any atom is -0.496 e. The van der Waals surface area contributed by atoms with Gasteiger partial charge in [-0.1, -0.05) is 25.1 Å². The van der Waals surface area contributed by atoms with Crippen LogP contribution in [-0.2, 0) is 6.42 Å². The van der Waals surface area contributed by atoms with E-state index in [1.165, 1.54) is 5.56 Å². The first-order chi connectivity index (χ1) is 9.10. The number of nitrogens with zero attached hydrogens (tertiary/aromatic N) is 2. The zero-order valence-corrected chi connectivity index (χ0v) is 12.0. The minimum atomic E-state index is -0.0469. The van der Waals surface area contributed by atoms with Crippen LogP contribution < -0.4 is 10.5 Å². The molecule has 1 aromatic rings. The second-order valence-corrected chi connectivity index (χ2v) is 5.31. The number of nitrogens with two attached hydrogens (primary N) is 1. The van der Waals surface area contributed by atoms with Gasteiger partial charge in [0.1, 0.15) is 5.75 Å². The largest absolute Gasteiger partial charge is 0.496 e. The molecule has 0 saturated carbocycles. The molecule has 0 bridgehead atoms. The fourth-order valence-corrected chi connectivity index (χ4v) is 2.72. The van der Waals surface area contributed by atoms with E-state index in [0.717, 1.165) is 31.7 Å². The fraction of sp³-hybridized carbons (Fsp3) is 0.533. The predicted molar refractivity (Wildman–Crippen MR) is 78.6 cm³/mol. The maximum absolute atomic E-state index is 6.01. The van der Waals surface area contributed by atoms with E-state index in [2.05, 4.69) is 29.8 Å². The number of benzene rings is 1. The molecule has 4 heteroatoms. The van der Waals surface area contributed by atoms with Gasteiger partial charge in [0.2, 0.25) is 0 Å². The van der Waals surface area contributed by atoms with Gasteiger partial charge in [0.25, 0.3) is 0 Å². The molecule has 1 aromatic carbocycles. The van der Waals surface area contributed by atoms with Crippen molar-refractivity contribution >= 4 is 5.96 Å². The maximum atomic E-state index is 6.01. The first kappa shape index (κ1) is 13.7. The van der Waals surface area contributed by atoms with Crippen LogP contribution in [0.1, 0.15) is 25.8 Å². The van der Waals surface area contributed by atoms with Gasteiger partial charge in [-0.15, -0.1) is 0 Å². The molecule has 0 amide bonds. The molecule has 0 saturated heterocycles. The number of ether oxygens (including phenoxy) is 1. The Bertz CT molecular complexity index is 472. The molecule has 0 aromatic heterocycles. The standard InChI is InChI=1S/C15H23N3O/c1-4-9-18-14(16)17-11-15(18,2)10-12-7-5-6-8-13(12)19-3/h5-8H,4,9-11H2,1-3H3,(H2,16,17). The zero-order valence-electron chi connectivity index (χ0n) is 12.0. The maximum Gasteiger partial charge on any atom is 0.191 e. The molecule has 1 aliphatic rings. The van der Waals surface area contributed by atoms with Gasteiger partial charge in [0.15, 0.2) is 5.96 Å². The molecule has 0 fully saturated rings. The van der Waals surface area contributed by atoms with Gasteiger partial charge in [-0.2, -0.15) is 0 Å². The Labute approximate surface area is 115 Å². The van der Waals surface area contributed by atoms with E-state index in [-0.39, 0.29) is 5.54 Å². The highest BCUT2D eigenvalue weighted by atomic mass is 16.5. The number of hydrogen-bond acceptors (Lipinski definition) is 4. The second-order valence-electron chi connectivity index (χ2n) is 5.31. The van der Waals surface area contributed by atoms with Crippen molar-refractivity contribution in [1.29, 1.82) is 0 Å². The predicted octanol–water partition coefficient (Wildman–Crippen LogP) is 2.04. The van der Waals surface area contributed by atoms with Crippen LogP contribution in [0.15, 0.2) is 29.3 Å². The first-order valence-electron chi connectivity index (χ1n) is 6.80. The van der Waals surface area contributed by atoms with Gasteiger partial charge in [-0.25, -0.2) is 0 Å². The Hall–Kier alpha value is -1.71. The summed E-state index contributed by atoms with van der Waals surface area (Å²) in [5.74, 6) is 1.60. The van der Waals surface area contributed by atoms with Crippen molar-refractivity contribution in [3.05, 3.63) is 29.8 Å². The molecular weight excluding hydrogens is 238 g/mol. The molecule has 0 spiro atoms. The molecule has 104 valence electrons. The van der Waals surface area contributed by atoms with E-state index < -0.39 is 0 Å². The first-order valence-corrected chi connectivity index (χ1v) is 6.80. The topological polar surface area (TPSA) is 50.8 Å². The van der Waals surface area contributed by atoms with E-state index in [9.17, 15) is 0 Å². The van der Waals surface area contributed by atoms with Gasteiger partial charge in [0, 0.05) is 13.0 Å². The Morgan fingerprint density at radius 1 is 1.42 bits per heavy atom. The highest BCUT2D eigenvalue weighted by Crippen LogP contribution is 2.29. The number of rotatable bonds is 5. The average molecular weight is 261 g/mol. The van der Waals surface area contributed by atoms with Crippen molar-refractivity contribution in [2.45, 2.75) is 32.2 Å². The van der Waals surface area contributed by atoms with E-state index in [4.69, 9.17) is 10.5 Å². The third kappa shape index (κ3) is 2.67. The molecule has 19 heavy (non-hydrogen) atoms. The number of aliphatic imine (C=N–C) groups is 1. The van der Waals surface area contributed by atoms with Crippen LogP contribution in [0.4, 0.5) is 0 Å². The summed E-state index contributed by atoms with van der Waals surface area (Å²) in [6, 6.07) is 8.16. The SMILES string of the molecule is CCCN1C(N)=NCC1(C)Cc1ccccc1OC. The van der Waals surface area contributed by atoms with Gasteiger partial charge in [-0.3, -0.25) is 4.99 Å². The lowest BCUT2D eigenvalue weighted by molar-refractivity contribution is 0.219. The number of guanidine groups is 1. The Morgan fingerprint density at radius 3 is 2.84 bits per heavy atom. The third-order valence-electron chi connectivity index (χ3n) is 3.72. The molecule has 4 nitrogen and oxygen atoms in total. The van der Waals surface area contributed by atoms with Gasteiger partial charge >= 0.3 is 0 Å². The van der Waals surface area contributed by atoms with Crippen molar-refractivity contribution in [2.24, 2.45) is 10.7 Å². The van der Waals surface area contributed by atoms with Crippen LogP contribution in [-0.4, -0.2) is 36.6 Å². The molecular formula is C15H23N3O. The lowest BCUT2D eigenvalue weighted by Crippen LogP contribution is -2.51. The zero-order chi connectivity index (χ0) is 13.9. The molecule has 0 aliphatic carbocycles. The summed E-state index contributed by atoms with van der Waals surface area (Å²) in [5.41, 5.74) is 7.17. The Morgan fingerprint density at radius 2 is 2.16 bits per heavy atom. The Kier molecular flexibility index (Phi) is 3.98. The summed E-state index contributed by atoms with van der Waals surface area (Å²) in [4.78, 5) is 6.64. The van der Waals surface area contributed by atoms with E-state index in [1.54, 1.807) is 7.11 Å². The van der Waals surface area contributed by atoms with Crippen molar-refractivity contribution in [3.63, 3.8) is 0 Å². The van der Waals surface area contributed by atoms with E-state index >= 15 is 0 Å². The van der Waals surface area contributed by atoms with Crippen molar-refractivity contribution in [2.75, 3.05) is 20.2 Å².